The Labute approximate surface area is 151 Å². The third kappa shape index (κ3) is 4.97. The molecule has 0 bridgehead atoms. The van der Waals surface area contributed by atoms with E-state index in [4.69, 9.17) is 0 Å². The smallest absolute Gasteiger partial charge is 0.251 e. The minimum atomic E-state index is -0.327. The lowest BCUT2D eigenvalue weighted by atomic mass is 9.94. The molecule has 2 rings (SSSR count). The molecule has 1 N–H and O–H groups in total. The van der Waals surface area contributed by atoms with Crippen molar-refractivity contribution < 1.29 is 9.59 Å². The molecule has 0 aromatic heterocycles. The molecular weight excluding hydrogens is 314 g/mol. The Morgan fingerprint density at radius 1 is 1.08 bits per heavy atom. The number of hydrogen-bond acceptors (Lipinski definition) is 3. The molecule has 5 nitrogen and oxygen atoms in total. The van der Waals surface area contributed by atoms with Crippen molar-refractivity contribution in [2.75, 3.05) is 31.1 Å². The van der Waals surface area contributed by atoms with Crippen molar-refractivity contribution in [1.29, 1.82) is 0 Å². The second kappa shape index (κ2) is 7.89. The molecule has 5 heteroatoms. The molecule has 0 spiro atoms. The standard InChI is InChI=1S/C20H31N3O2/c1-6-15(2)21-18(24)16-7-9-17(10-8-16)22-11-13-23(14-12-22)19(25)20(3,4)5/h7-10,15H,6,11-14H2,1-5H3,(H,21,24). The summed E-state index contributed by atoms with van der Waals surface area (Å²) in [4.78, 5) is 28.7. The molecule has 1 unspecified atom stereocenters. The third-order valence-corrected chi connectivity index (χ3v) is 4.69. The molecule has 1 saturated heterocycles. The summed E-state index contributed by atoms with van der Waals surface area (Å²) in [5.74, 6) is 0.186. The molecule has 0 aliphatic carbocycles. The normalized spacial score (nSPS) is 16.5. The van der Waals surface area contributed by atoms with Crippen LogP contribution in [0.5, 0.6) is 0 Å². The molecule has 1 heterocycles. The van der Waals surface area contributed by atoms with Crippen LogP contribution in [0.15, 0.2) is 24.3 Å². The van der Waals surface area contributed by atoms with Crippen molar-refractivity contribution in [3.8, 4) is 0 Å². The molecule has 1 aromatic rings. The fourth-order valence-electron chi connectivity index (χ4n) is 2.87. The summed E-state index contributed by atoms with van der Waals surface area (Å²) in [7, 11) is 0. The first-order chi connectivity index (χ1) is 11.7. The van der Waals surface area contributed by atoms with Gasteiger partial charge in [0, 0.05) is 48.9 Å². The molecular formula is C20H31N3O2. The van der Waals surface area contributed by atoms with Gasteiger partial charge < -0.3 is 15.1 Å². The summed E-state index contributed by atoms with van der Waals surface area (Å²) in [6.45, 7) is 13.1. The number of carbonyl (C=O) groups excluding carboxylic acids is 2. The van der Waals surface area contributed by atoms with Gasteiger partial charge in [0.15, 0.2) is 0 Å². The highest BCUT2D eigenvalue weighted by Gasteiger charge is 2.29. The monoisotopic (exact) mass is 345 g/mol. The average molecular weight is 345 g/mol. The van der Waals surface area contributed by atoms with Crippen LogP contribution in [0.25, 0.3) is 0 Å². The van der Waals surface area contributed by atoms with Gasteiger partial charge >= 0.3 is 0 Å². The van der Waals surface area contributed by atoms with Crippen LogP contribution in [-0.2, 0) is 4.79 Å². The highest BCUT2D eigenvalue weighted by molar-refractivity contribution is 5.94. The lowest BCUT2D eigenvalue weighted by Crippen LogP contribution is -2.51. The Hall–Kier alpha value is -2.04. The fourth-order valence-corrected chi connectivity index (χ4v) is 2.87. The zero-order valence-electron chi connectivity index (χ0n) is 16.1. The summed E-state index contributed by atoms with van der Waals surface area (Å²) in [5.41, 5.74) is 1.46. The molecule has 1 aromatic carbocycles. The number of rotatable bonds is 4. The predicted molar refractivity (Wildman–Crippen MR) is 102 cm³/mol. The minimum absolute atomic E-state index is 0.0264. The predicted octanol–water partition coefficient (Wildman–Crippen LogP) is 2.91. The maximum Gasteiger partial charge on any atom is 0.251 e. The van der Waals surface area contributed by atoms with E-state index in [1.165, 1.54) is 0 Å². The van der Waals surface area contributed by atoms with E-state index in [0.29, 0.717) is 5.56 Å². The van der Waals surface area contributed by atoms with Gasteiger partial charge in [0.05, 0.1) is 0 Å². The summed E-state index contributed by atoms with van der Waals surface area (Å²) in [6.07, 6.45) is 0.918. The van der Waals surface area contributed by atoms with E-state index in [1.54, 1.807) is 0 Å². The van der Waals surface area contributed by atoms with Gasteiger partial charge in [-0.05, 0) is 37.6 Å². The number of amides is 2. The highest BCUT2D eigenvalue weighted by atomic mass is 16.2. The Morgan fingerprint density at radius 3 is 2.12 bits per heavy atom. The minimum Gasteiger partial charge on any atom is -0.368 e. The Bertz CT molecular complexity index is 596. The number of benzene rings is 1. The van der Waals surface area contributed by atoms with Crippen LogP contribution in [0.4, 0.5) is 5.69 Å². The van der Waals surface area contributed by atoms with Crippen LogP contribution in [0.2, 0.25) is 0 Å². The summed E-state index contributed by atoms with van der Waals surface area (Å²) in [5, 5.41) is 2.98. The average Bonchev–Trinajstić information content (AvgIpc) is 2.60. The molecule has 2 amide bonds. The van der Waals surface area contributed by atoms with Gasteiger partial charge in [-0.3, -0.25) is 9.59 Å². The first-order valence-corrected chi connectivity index (χ1v) is 9.17. The first kappa shape index (κ1) is 19.3. The van der Waals surface area contributed by atoms with Gasteiger partial charge in [0.2, 0.25) is 5.91 Å². The Balaban J connectivity index is 1.94. The lowest BCUT2D eigenvalue weighted by Gasteiger charge is -2.38. The SMILES string of the molecule is CCC(C)NC(=O)c1ccc(N2CCN(C(=O)C(C)(C)C)CC2)cc1. The van der Waals surface area contributed by atoms with E-state index in [-0.39, 0.29) is 23.3 Å². The van der Waals surface area contributed by atoms with Crippen molar-refractivity contribution in [1.82, 2.24) is 10.2 Å². The van der Waals surface area contributed by atoms with Crippen LogP contribution in [-0.4, -0.2) is 48.9 Å². The molecule has 1 aliphatic rings. The second-order valence-corrected chi connectivity index (χ2v) is 7.86. The molecule has 0 radical (unpaired) electrons. The van der Waals surface area contributed by atoms with Gasteiger partial charge in [-0.2, -0.15) is 0 Å². The molecule has 1 aliphatic heterocycles. The summed E-state index contributed by atoms with van der Waals surface area (Å²) >= 11 is 0. The van der Waals surface area contributed by atoms with Gasteiger partial charge in [0.25, 0.3) is 5.91 Å². The van der Waals surface area contributed by atoms with Crippen molar-refractivity contribution in [2.24, 2.45) is 5.41 Å². The van der Waals surface area contributed by atoms with E-state index < -0.39 is 0 Å². The molecule has 138 valence electrons. The zero-order valence-corrected chi connectivity index (χ0v) is 16.1. The van der Waals surface area contributed by atoms with Gasteiger partial charge in [-0.25, -0.2) is 0 Å². The largest absolute Gasteiger partial charge is 0.368 e. The highest BCUT2D eigenvalue weighted by Crippen LogP contribution is 2.21. The quantitative estimate of drug-likeness (QED) is 0.913. The van der Waals surface area contributed by atoms with Crippen molar-refractivity contribution >= 4 is 17.5 Å². The molecule has 1 atom stereocenters. The second-order valence-electron chi connectivity index (χ2n) is 7.86. The molecule has 1 fully saturated rings. The molecule has 25 heavy (non-hydrogen) atoms. The number of nitrogens with one attached hydrogen (secondary N) is 1. The van der Waals surface area contributed by atoms with Crippen LogP contribution < -0.4 is 10.2 Å². The van der Waals surface area contributed by atoms with Crippen molar-refractivity contribution in [3.05, 3.63) is 29.8 Å². The molecule has 0 saturated carbocycles. The number of anilines is 1. The van der Waals surface area contributed by atoms with Crippen LogP contribution >= 0.6 is 0 Å². The number of hydrogen-bond donors (Lipinski definition) is 1. The maximum atomic E-state index is 12.4. The van der Waals surface area contributed by atoms with E-state index in [1.807, 2.05) is 56.9 Å². The van der Waals surface area contributed by atoms with E-state index >= 15 is 0 Å². The van der Waals surface area contributed by atoms with Crippen molar-refractivity contribution in [3.63, 3.8) is 0 Å². The Morgan fingerprint density at radius 2 is 1.64 bits per heavy atom. The van der Waals surface area contributed by atoms with Crippen molar-refractivity contribution in [2.45, 2.75) is 47.1 Å². The van der Waals surface area contributed by atoms with Gasteiger partial charge in [-0.1, -0.05) is 27.7 Å². The third-order valence-electron chi connectivity index (χ3n) is 4.69. The zero-order chi connectivity index (χ0) is 18.6. The van der Waals surface area contributed by atoms with E-state index in [2.05, 4.69) is 17.1 Å². The number of nitrogens with zero attached hydrogens (tertiary/aromatic N) is 2. The summed E-state index contributed by atoms with van der Waals surface area (Å²) in [6, 6.07) is 7.92. The van der Waals surface area contributed by atoms with E-state index in [9.17, 15) is 9.59 Å². The summed E-state index contributed by atoms with van der Waals surface area (Å²) < 4.78 is 0. The number of piperazine rings is 1. The maximum absolute atomic E-state index is 12.4. The van der Waals surface area contributed by atoms with Crippen LogP contribution in [0.3, 0.4) is 0 Å². The fraction of sp³-hybridized carbons (Fsp3) is 0.600. The first-order valence-electron chi connectivity index (χ1n) is 9.17. The van der Waals surface area contributed by atoms with Gasteiger partial charge in [-0.15, -0.1) is 0 Å². The Kier molecular flexibility index (Phi) is 6.09. The lowest BCUT2D eigenvalue weighted by molar-refractivity contribution is -0.139. The number of carbonyl (C=O) groups is 2. The van der Waals surface area contributed by atoms with E-state index in [0.717, 1.165) is 38.3 Å². The topological polar surface area (TPSA) is 52.7 Å². The van der Waals surface area contributed by atoms with Gasteiger partial charge in [0.1, 0.15) is 0 Å². The van der Waals surface area contributed by atoms with Crippen LogP contribution in [0, 0.1) is 5.41 Å². The van der Waals surface area contributed by atoms with Crippen LogP contribution in [0.1, 0.15) is 51.4 Å².